The summed E-state index contributed by atoms with van der Waals surface area (Å²) >= 11 is 1.55. The van der Waals surface area contributed by atoms with E-state index < -0.39 is 5.95 Å². The van der Waals surface area contributed by atoms with Crippen LogP contribution in [0, 0.1) is 5.95 Å². The summed E-state index contributed by atoms with van der Waals surface area (Å²) in [4.78, 5) is 8.71. The molecule has 14 heavy (non-hydrogen) atoms. The van der Waals surface area contributed by atoms with Crippen LogP contribution in [0.15, 0.2) is 29.9 Å². The highest BCUT2D eigenvalue weighted by Crippen LogP contribution is 2.09. The summed E-state index contributed by atoms with van der Waals surface area (Å²) in [6.45, 7) is 0.626. The van der Waals surface area contributed by atoms with Gasteiger partial charge in [-0.05, 0) is 12.1 Å². The minimum absolute atomic E-state index is 0.473. The van der Waals surface area contributed by atoms with Crippen LogP contribution in [-0.2, 0) is 6.54 Å². The summed E-state index contributed by atoms with van der Waals surface area (Å²) in [5.74, 6) is 0.0673. The van der Waals surface area contributed by atoms with Gasteiger partial charge in [0.05, 0.1) is 12.1 Å². The molecule has 0 amide bonds. The van der Waals surface area contributed by atoms with Crippen molar-refractivity contribution in [2.75, 3.05) is 5.32 Å². The fourth-order valence-electron chi connectivity index (χ4n) is 1.01. The summed E-state index contributed by atoms with van der Waals surface area (Å²) in [7, 11) is 0. The third-order valence-electron chi connectivity index (χ3n) is 1.64. The molecule has 1 N–H and O–H groups in total. The van der Waals surface area contributed by atoms with Crippen molar-refractivity contribution >= 4 is 17.2 Å². The first kappa shape index (κ1) is 9.08. The van der Waals surface area contributed by atoms with Gasteiger partial charge in [-0.3, -0.25) is 4.98 Å². The molecule has 2 aromatic heterocycles. The Morgan fingerprint density at radius 3 is 3.07 bits per heavy atom. The monoisotopic (exact) mass is 209 g/mol. The lowest BCUT2D eigenvalue weighted by molar-refractivity contribution is 0.585. The zero-order valence-electron chi connectivity index (χ0n) is 7.27. The molecule has 0 aromatic carbocycles. The van der Waals surface area contributed by atoms with Crippen LogP contribution in [0.3, 0.4) is 0 Å². The largest absolute Gasteiger partial charge is 0.365 e. The van der Waals surface area contributed by atoms with E-state index in [2.05, 4.69) is 15.3 Å². The van der Waals surface area contributed by atoms with Crippen molar-refractivity contribution in [2.45, 2.75) is 6.54 Å². The highest BCUT2D eigenvalue weighted by atomic mass is 32.1. The Kier molecular flexibility index (Phi) is 2.69. The summed E-state index contributed by atoms with van der Waals surface area (Å²) in [5, 5.41) is 3.01. The van der Waals surface area contributed by atoms with Crippen molar-refractivity contribution in [3.8, 4) is 0 Å². The first-order chi connectivity index (χ1) is 6.84. The minimum Gasteiger partial charge on any atom is -0.365 e. The minimum atomic E-state index is -0.473. The fourth-order valence-corrected chi connectivity index (χ4v) is 1.55. The standard InChI is InChI=1S/C9H8FN3S/c10-8-2-1-3-9(13-8)12-5-7-4-11-6-14-7/h1-4,6H,5H2,(H,12,13). The molecule has 72 valence electrons. The van der Waals surface area contributed by atoms with Crippen LogP contribution >= 0.6 is 11.3 Å². The summed E-state index contributed by atoms with van der Waals surface area (Å²) in [6, 6.07) is 4.67. The third-order valence-corrected chi connectivity index (χ3v) is 2.42. The van der Waals surface area contributed by atoms with Crippen LogP contribution in [-0.4, -0.2) is 9.97 Å². The van der Waals surface area contributed by atoms with Gasteiger partial charge in [-0.1, -0.05) is 6.07 Å². The highest BCUT2D eigenvalue weighted by molar-refractivity contribution is 7.09. The second-order valence-electron chi connectivity index (χ2n) is 2.67. The van der Waals surface area contributed by atoms with E-state index in [4.69, 9.17) is 0 Å². The normalized spacial score (nSPS) is 10.1. The van der Waals surface area contributed by atoms with Gasteiger partial charge in [0.25, 0.3) is 0 Å². The number of aromatic nitrogens is 2. The topological polar surface area (TPSA) is 37.8 Å². The quantitative estimate of drug-likeness (QED) is 0.788. The lowest BCUT2D eigenvalue weighted by Gasteiger charge is -2.02. The molecule has 5 heteroatoms. The Bertz CT molecular complexity index is 402. The molecule has 2 rings (SSSR count). The van der Waals surface area contributed by atoms with Crippen molar-refractivity contribution in [1.82, 2.24) is 9.97 Å². The molecule has 3 nitrogen and oxygen atoms in total. The van der Waals surface area contributed by atoms with Gasteiger partial charge in [-0.2, -0.15) is 4.39 Å². The van der Waals surface area contributed by atoms with Gasteiger partial charge in [0.2, 0.25) is 5.95 Å². The van der Waals surface area contributed by atoms with E-state index in [0.29, 0.717) is 12.4 Å². The smallest absolute Gasteiger partial charge is 0.214 e. The molecule has 0 unspecified atom stereocenters. The number of hydrogen-bond acceptors (Lipinski definition) is 4. The predicted molar refractivity (Wildman–Crippen MR) is 53.6 cm³/mol. The molecule has 0 saturated carbocycles. The van der Waals surface area contributed by atoms with Crippen LogP contribution in [0.25, 0.3) is 0 Å². The Balaban J connectivity index is 1.98. The first-order valence-electron chi connectivity index (χ1n) is 4.08. The third kappa shape index (κ3) is 2.26. The van der Waals surface area contributed by atoms with Crippen molar-refractivity contribution in [3.05, 3.63) is 40.7 Å². The lowest BCUT2D eigenvalue weighted by atomic mass is 10.4. The van der Waals surface area contributed by atoms with Crippen LogP contribution in [0.4, 0.5) is 10.2 Å². The molecule has 0 radical (unpaired) electrons. The second-order valence-corrected chi connectivity index (χ2v) is 3.64. The van der Waals surface area contributed by atoms with E-state index in [1.807, 2.05) is 0 Å². The Morgan fingerprint density at radius 2 is 2.36 bits per heavy atom. The van der Waals surface area contributed by atoms with Crippen LogP contribution in [0.5, 0.6) is 0 Å². The first-order valence-corrected chi connectivity index (χ1v) is 4.96. The predicted octanol–water partition coefficient (Wildman–Crippen LogP) is 2.29. The van der Waals surface area contributed by atoms with Gasteiger partial charge in [0, 0.05) is 11.1 Å². The SMILES string of the molecule is Fc1cccc(NCc2cncs2)n1. The average molecular weight is 209 g/mol. The molecule has 0 atom stereocenters. The maximum atomic E-state index is 12.7. The zero-order chi connectivity index (χ0) is 9.80. The second kappa shape index (κ2) is 4.15. The number of rotatable bonds is 3. The fraction of sp³-hybridized carbons (Fsp3) is 0.111. The molecule has 2 aromatic rings. The molecular weight excluding hydrogens is 201 g/mol. The van der Waals surface area contributed by atoms with E-state index >= 15 is 0 Å². The Hall–Kier alpha value is -1.49. The number of pyridine rings is 1. The molecular formula is C9H8FN3S. The zero-order valence-corrected chi connectivity index (χ0v) is 8.09. The van der Waals surface area contributed by atoms with Crippen LogP contribution < -0.4 is 5.32 Å². The molecule has 2 heterocycles. The molecule has 0 saturated heterocycles. The number of nitrogens with one attached hydrogen (secondary N) is 1. The van der Waals surface area contributed by atoms with Gasteiger partial charge in [0.15, 0.2) is 0 Å². The van der Waals surface area contributed by atoms with Crippen LogP contribution in [0.1, 0.15) is 4.88 Å². The van der Waals surface area contributed by atoms with Crippen molar-refractivity contribution in [3.63, 3.8) is 0 Å². The van der Waals surface area contributed by atoms with Gasteiger partial charge >= 0.3 is 0 Å². The van der Waals surface area contributed by atoms with E-state index in [-0.39, 0.29) is 0 Å². The van der Waals surface area contributed by atoms with E-state index in [1.54, 1.807) is 35.2 Å². The van der Waals surface area contributed by atoms with E-state index in [1.165, 1.54) is 6.07 Å². The van der Waals surface area contributed by atoms with Gasteiger partial charge in [-0.25, -0.2) is 4.98 Å². The maximum Gasteiger partial charge on any atom is 0.214 e. The van der Waals surface area contributed by atoms with Crippen molar-refractivity contribution < 1.29 is 4.39 Å². The lowest BCUT2D eigenvalue weighted by Crippen LogP contribution is -2.00. The van der Waals surface area contributed by atoms with Gasteiger partial charge in [-0.15, -0.1) is 11.3 Å². The number of anilines is 1. The highest BCUT2D eigenvalue weighted by Gasteiger charge is 1.97. The Labute approximate surface area is 84.6 Å². The van der Waals surface area contributed by atoms with Gasteiger partial charge < -0.3 is 5.32 Å². The van der Waals surface area contributed by atoms with E-state index in [9.17, 15) is 4.39 Å². The van der Waals surface area contributed by atoms with Crippen molar-refractivity contribution in [2.24, 2.45) is 0 Å². The summed E-state index contributed by atoms with van der Waals surface area (Å²) < 4.78 is 12.7. The van der Waals surface area contributed by atoms with Crippen molar-refractivity contribution in [1.29, 1.82) is 0 Å². The summed E-state index contributed by atoms with van der Waals surface area (Å²) in [5.41, 5.74) is 1.76. The maximum absolute atomic E-state index is 12.7. The molecule has 0 bridgehead atoms. The average Bonchev–Trinajstić information content (AvgIpc) is 2.67. The molecule has 0 fully saturated rings. The summed E-state index contributed by atoms with van der Waals surface area (Å²) in [6.07, 6.45) is 1.77. The molecule has 0 spiro atoms. The number of halogens is 1. The number of hydrogen-bond donors (Lipinski definition) is 1. The molecule has 0 aliphatic heterocycles. The Morgan fingerprint density at radius 1 is 1.43 bits per heavy atom. The molecule has 0 aliphatic rings. The number of thiazole rings is 1. The molecule has 0 aliphatic carbocycles. The van der Waals surface area contributed by atoms with Gasteiger partial charge in [0.1, 0.15) is 5.82 Å². The number of nitrogens with zero attached hydrogens (tertiary/aromatic N) is 2. The van der Waals surface area contributed by atoms with Crippen LogP contribution in [0.2, 0.25) is 0 Å². The van der Waals surface area contributed by atoms with E-state index in [0.717, 1.165) is 4.88 Å².